The first kappa shape index (κ1) is 13.6. The molecule has 0 spiro atoms. The third-order valence-corrected chi connectivity index (χ3v) is 3.79. The number of benzene rings is 2. The van der Waals surface area contributed by atoms with Gasteiger partial charge in [0.25, 0.3) is 0 Å². The number of fused-ring (bicyclic) bond motifs is 1. The van der Waals surface area contributed by atoms with Crippen LogP contribution in [0, 0.1) is 0 Å². The summed E-state index contributed by atoms with van der Waals surface area (Å²) in [5, 5.41) is 5.99. The number of nitrogens with one attached hydrogen (secondary N) is 1. The van der Waals surface area contributed by atoms with Crippen LogP contribution in [0.5, 0.6) is 0 Å². The molecular weight excluding hydrogens is 248 g/mol. The van der Waals surface area contributed by atoms with Gasteiger partial charge in [-0.3, -0.25) is 4.90 Å². The van der Waals surface area contributed by atoms with Gasteiger partial charge in [0.1, 0.15) is 0 Å². The van der Waals surface area contributed by atoms with Gasteiger partial charge in [-0.2, -0.15) is 0 Å². The summed E-state index contributed by atoms with van der Waals surface area (Å²) in [5.74, 6) is 0. The Balaban J connectivity index is 1.62. The summed E-state index contributed by atoms with van der Waals surface area (Å²) < 4.78 is 5.75. The van der Waals surface area contributed by atoms with Gasteiger partial charge in [-0.05, 0) is 29.4 Å². The Labute approximate surface area is 120 Å². The van der Waals surface area contributed by atoms with Crippen LogP contribution in [0.2, 0.25) is 0 Å². The van der Waals surface area contributed by atoms with Crippen molar-refractivity contribution in [2.24, 2.45) is 0 Å². The largest absolute Gasteiger partial charge is 0.374 e. The molecule has 1 fully saturated rings. The lowest BCUT2D eigenvalue weighted by Crippen LogP contribution is -2.44. The van der Waals surface area contributed by atoms with Crippen molar-refractivity contribution in [3.8, 4) is 0 Å². The lowest BCUT2D eigenvalue weighted by molar-refractivity contribution is 0.00885. The molecular formula is C17H22N2O. The summed E-state index contributed by atoms with van der Waals surface area (Å²) in [6, 6.07) is 15.2. The van der Waals surface area contributed by atoms with Crippen LogP contribution in [0.3, 0.4) is 0 Å². The number of rotatable bonds is 4. The maximum atomic E-state index is 5.75. The molecule has 3 rings (SSSR count). The van der Waals surface area contributed by atoms with E-state index >= 15 is 0 Å². The zero-order valence-electron chi connectivity index (χ0n) is 12.0. The average molecular weight is 270 g/mol. The van der Waals surface area contributed by atoms with Crippen molar-refractivity contribution in [2.45, 2.75) is 12.6 Å². The first-order valence-electron chi connectivity index (χ1n) is 7.30. The van der Waals surface area contributed by atoms with Crippen LogP contribution in [0.15, 0.2) is 42.5 Å². The Morgan fingerprint density at radius 2 is 2.05 bits per heavy atom. The van der Waals surface area contributed by atoms with E-state index in [1.165, 1.54) is 16.3 Å². The van der Waals surface area contributed by atoms with Gasteiger partial charge in [0, 0.05) is 26.2 Å². The minimum absolute atomic E-state index is 0.314. The first-order chi connectivity index (χ1) is 9.81. The van der Waals surface area contributed by atoms with Crippen molar-refractivity contribution in [3.63, 3.8) is 0 Å². The fourth-order valence-electron chi connectivity index (χ4n) is 2.80. The minimum Gasteiger partial charge on any atom is -0.374 e. The zero-order chi connectivity index (χ0) is 13.8. The maximum Gasteiger partial charge on any atom is 0.0826 e. The summed E-state index contributed by atoms with van der Waals surface area (Å²) in [5.41, 5.74) is 1.36. The van der Waals surface area contributed by atoms with Gasteiger partial charge >= 0.3 is 0 Å². The van der Waals surface area contributed by atoms with E-state index in [1.54, 1.807) is 0 Å². The maximum absolute atomic E-state index is 5.75. The molecule has 1 N–H and O–H groups in total. The molecule has 106 valence electrons. The van der Waals surface area contributed by atoms with Crippen LogP contribution in [-0.2, 0) is 11.3 Å². The topological polar surface area (TPSA) is 24.5 Å². The highest BCUT2D eigenvalue weighted by molar-refractivity contribution is 5.82. The summed E-state index contributed by atoms with van der Waals surface area (Å²) in [4.78, 5) is 2.34. The first-order valence-corrected chi connectivity index (χ1v) is 7.30. The molecule has 0 aliphatic carbocycles. The predicted octanol–water partition coefficient (Wildman–Crippen LogP) is 2.26. The van der Waals surface area contributed by atoms with E-state index in [0.717, 1.165) is 32.8 Å². The standard InChI is InChI=1S/C17H22N2O/c1-19(13-17-11-18-8-9-20-17)12-14-6-7-15-4-2-3-5-16(15)10-14/h2-7,10,17-18H,8-9,11-13H2,1H3. The smallest absolute Gasteiger partial charge is 0.0826 e. The lowest BCUT2D eigenvalue weighted by Gasteiger charge is -2.28. The van der Waals surface area contributed by atoms with Crippen molar-refractivity contribution in [1.29, 1.82) is 0 Å². The number of nitrogens with zero attached hydrogens (tertiary/aromatic N) is 1. The van der Waals surface area contributed by atoms with Crippen LogP contribution >= 0.6 is 0 Å². The highest BCUT2D eigenvalue weighted by atomic mass is 16.5. The van der Waals surface area contributed by atoms with E-state index < -0.39 is 0 Å². The Kier molecular flexibility index (Phi) is 4.31. The molecule has 0 radical (unpaired) electrons. The van der Waals surface area contributed by atoms with Crippen LogP contribution < -0.4 is 5.32 Å². The fraction of sp³-hybridized carbons (Fsp3) is 0.412. The molecule has 0 amide bonds. The SMILES string of the molecule is CN(Cc1ccc2ccccc2c1)CC1CNCCO1. The number of hydrogen-bond donors (Lipinski definition) is 1. The minimum atomic E-state index is 0.314. The van der Waals surface area contributed by atoms with Gasteiger partial charge < -0.3 is 10.1 Å². The van der Waals surface area contributed by atoms with Crippen molar-refractivity contribution in [1.82, 2.24) is 10.2 Å². The third kappa shape index (κ3) is 3.37. The Hall–Kier alpha value is -1.42. The molecule has 1 aliphatic rings. The second-order valence-corrected chi connectivity index (χ2v) is 5.58. The van der Waals surface area contributed by atoms with E-state index in [2.05, 4.69) is 59.7 Å². The highest BCUT2D eigenvalue weighted by Crippen LogP contribution is 2.16. The molecule has 0 saturated carbocycles. The molecule has 3 heteroatoms. The number of ether oxygens (including phenoxy) is 1. The summed E-state index contributed by atoms with van der Waals surface area (Å²) in [6.07, 6.45) is 0.314. The van der Waals surface area contributed by atoms with Crippen molar-refractivity contribution in [3.05, 3.63) is 48.0 Å². The quantitative estimate of drug-likeness (QED) is 0.922. The monoisotopic (exact) mass is 270 g/mol. The van der Waals surface area contributed by atoms with Crippen LogP contribution in [0.25, 0.3) is 10.8 Å². The Morgan fingerprint density at radius 1 is 1.20 bits per heavy atom. The van der Waals surface area contributed by atoms with Gasteiger partial charge in [-0.15, -0.1) is 0 Å². The Bertz CT molecular complexity index is 564. The van der Waals surface area contributed by atoms with Gasteiger partial charge in [0.15, 0.2) is 0 Å². The van der Waals surface area contributed by atoms with Gasteiger partial charge in [0.05, 0.1) is 12.7 Å². The highest BCUT2D eigenvalue weighted by Gasteiger charge is 2.15. The molecule has 2 aromatic rings. The van der Waals surface area contributed by atoms with Crippen molar-refractivity contribution >= 4 is 10.8 Å². The van der Waals surface area contributed by atoms with E-state index in [1.807, 2.05) is 0 Å². The molecule has 1 unspecified atom stereocenters. The number of likely N-dealkylation sites (N-methyl/N-ethyl adjacent to an activating group) is 1. The Morgan fingerprint density at radius 3 is 2.85 bits per heavy atom. The second kappa shape index (κ2) is 6.35. The van der Waals surface area contributed by atoms with Crippen LogP contribution in [0.4, 0.5) is 0 Å². The summed E-state index contributed by atoms with van der Waals surface area (Å²) in [7, 11) is 2.16. The van der Waals surface area contributed by atoms with Gasteiger partial charge in [0.2, 0.25) is 0 Å². The molecule has 1 heterocycles. The molecule has 1 saturated heterocycles. The normalized spacial score (nSPS) is 19.6. The van der Waals surface area contributed by atoms with Gasteiger partial charge in [-0.25, -0.2) is 0 Å². The van der Waals surface area contributed by atoms with E-state index in [9.17, 15) is 0 Å². The number of morpholine rings is 1. The zero-order valence-corrected chi connectivity index (χ0v) is 12.0. The second-order valence-electron chi connectivity index (χ2n) is 5.58. The summed E-state index contributed by atoms with van der Waals surface area (Å²) >= 11 is 0. The third-order valence-electron chi connectivity index (χ3n) is 3.79. The molecule has 1 aliphatic heterocycles. The molecule has 2 aromatic carbocycles. The number of hydrogen-bond acceptors (Lipinski definition) is 3. The van der Waals surface area contributed by atoms with Crippen molar-refractivity contribution in [2.75, 3.05) is 33.3 Å². The summed E-state index contributed by atoms with van der Waals surface area (Å²) in [6.45, 7) is 4.70. The molecule has 0 bridgehead atoms. The van der Waals surface area contributed by atoms with E-state index in [-0.39, 0.29) is 0 Å². The van der Waals surface area contributed by atoms with E-state index in [0.29, 0.717) is 6.10 Å². The fourth-order valence-corrected chi connectivity index (χ4v) is 2.80. The lowest BCUT2D eigenvalue weighted by atomic mass is 10.1. The molecule has 0 aromatic heterocycles. The van der Waals surface area contributed by atoms with Gasteiger partial charge in [-0.1, -0.05) is 36.4 Å². The average Bonchev–Trinajstić information content (AvgIpc) is 2.48. The van der Waals surface area contributed by atoms with Crippen molar-refractivity contribution < 1.29 is 4.74 Å². The van der Waals surface area contributed by atoms with E-state index in [4.69, 9.17) is 4.74 Å². The van der Waals surface area contributed by atoms with Crippen LogP contribution in [-0.4, -0.2) is 44.3 Å². The van der Waals surface area contributed by atoms with Crippen LogP contribution in [0.1, 0.15) is 5.56 Å². The molecule has 20 heavy (non-hydrogen) atoms. The molecule has 1 atom stereocenters. The molecule has 3 nitrogen and oxygen atoms in total. The predicted molar refractivity (Wildman–Crippen MR) is 82.9 cm³/mol.